The number of likely N-dealkylation sites (tertiary alicyclic amines) is 1. The van der Waals surface area contributed by atoms with Crippen molar-refractivity contribution in [3.8, 4) is 5.75 Å². The lowest BCUT2D eigenvalue weighted by atomic mass is 10.1. The van der Waals surface area contributed by atoms with Crippen LogP contribution in [0, 0.1) is 0 Å². The van der Waals surface area contributed by atoms with Gasteiger partial charge in [0.15, 0.2) is 0 Å². The summed E-state index contributed by atoms with van der Waals surface area (Å²) >= 11 is 0. The molecule has 1 aliphatic heterocycles. The Morgan fingerprint density at radius 3 is 2.76 bits per heavy atom. The summed E-state index contributed by atoms with van der Waals surface area (Å²) in [5.74, 6) is 0.151. The topological polar surface area (TPSA) is 52.6 Å². The zero-order valence-corrected chi connectivity index (χ0v) is 9.85. The minimum atomic E-state index is -0.0162. The summed E-state index contributed by atoms with van der Waals surface area (Å²) < 4.78 is 0. The van der Waals surface area contributed by atoms with E-state index in [1.54, 1.807) is 24.3 Å². The van der Waals surface area contributed by atoms with Crippen molar-refractivity contribution >= 4 is 11.6 Å². The van der Waals surface area contributed by atoms with Gasteiger partial charge in [-0.15, -0.1) is 0 Å². The molecule has 17 heavy (non-hydrogen) atoms. The summed E-state index contributed by atoms with van der Waals surface area (Å²) in [6.45, 7) is 2.45. The van der Waals surface area contributed by atoms with Crippen LogP contribution in [-0.4, -0.2) is 35.5 Å². The van der Waals surface area contributed by atoms with Crippen LogP contribution in [0.5, 0.6) is 5.75 Å². The monoisotopic (exact) mass is 234 g/mol. The van der Waals surface area contributed by atoms with Crippen LogP contribution >= 0.6 is 0 Å². The number of hydrogen-bond donors (Lipinski definition) is 2. The van der Waals surface area contributed by atoms with Gasteiger partial charge in [0, 0.05) is 11.8 Å². The molecule has 1 fully saturated rings. The first-order chi connectivity index (χ1) is 8.24. The smallest absolute Gasteiger partial charge is 0.238 e. The van der Waals surface area contributed by atoms with Crippen LogP contribution < -0.4 is 5.32 Å². The van der Waals surface area contributed by atoms with Crippen molar-refractivity contribution in [2.45, 2.75) is 19.3 Å². The van der Waals surface area contributed by atoms with Gasteiger partial charge in [0.2, 0.25) is 5.91 Å². The number of hydrogen-bond acceptors (Lipinski definition) is 3. The number of phenols is 1. The van der Waals surface area contributed by atoms with E-state index in [4.69, 9.17) is 0 Å². The Labute approximate surface area is 101 Å². The van der Waals surface area contributed by atoms with Gasteiger partial charge < -0.3 is 10.4 Å². The van der Waals surface area contributed by atoms with E-state index in [0.29, 0.717) is 12.2 Å². The van der Waals surface area contributed by atoms with Crippen molar-refractivity contribution in [2.75, 3.05) is 25.0 Å². The number of benzene rings is 1. The number of aromatic hydroxyl groups is 1. The number of nitrogens with one attached hydrogen (secondary N) is 1. The third-order valence-electron chi connectivity index (χ3n) is 2.95. The third kappa shape index (κ3) is 3.75. The molecule has 2 rings (SSSR count). The molecule has 0 spiro atoms. The first-order valence-electron chi connectivity index (χ1n) is 6.05. The fraction of sp³-hybridized carbons (Fsp3) is 0.462. The molecule has 4 nitrogen and oxygen atoms in total. The van der Waals surface area contributed by atoms with Crippen LogP contribution in [0.15, 0.2) is 24.3 Å². The van der Waals surface area contributed by atoms with Gasteiger partial charge in [0.05, 0.1) is 6.54 Å². The van der Waals surface area contributed by atoms with Gasteiger partial charge in [-0.3, -0.25) is 9.69 Å². The van der Waals surface area contributed by atoms with Gasteiger partial charge in [-0.05, 0) is 38.1 Å². The quantitative estimate of drug-likeness (QED) is 0.838. The highest BCUT2D eigenvalue weighted by atomic mass is 16.3. The average molecular weight is 234 g/mol. The van der Waals surface area contributed by atoms with E-state index < -0.39 is 0 Å². The fourth-order valence-electron chi connectivity index (χ4n) is 2.10. The summed E-state index contributed by atoms with van der Waals surface area (Å²) in [5, 5.41) is 12.1. The second-order valence-corrected chi connectivity index (χ2v) is 4.44. The molecule has 0 aliphatic carbocycles. The van der Waals surface area contributed by atoms with Crippen LogP contribution in [0.25, 0.3) is 0 Å². The van der Waals surface area contributed by atoms with Crippen LogP contribution in [0.3, 0.4) is 0 Å². The molecular formula is C13H18N2O2. The summed E-state index contributed by atoms with van der Waals surface area (Å²) in [7, 11) is 0. The second kappa shape index (κ2) is 5.68. The first kappa shape index (κ1) is 11.9. The van der Waals surface area contributed by atoms with E-state index in [1.807, 2.05) is 0 Å². The molecule has 1 aromatic carbocycles. The molecule has 1 aromatic rings. The fourth-order valence-corrected chi connectivity index (χ4v) is 2.10. The van der Waals surface area contributed by atoms with Crippen LogP contribution in [0.4, 0.5) is 5.69 Å². The molecule has 0 saturated carbocycles. The molecule has 92 valence electrons. The number of nitrogens with zero attached hydrogens (tertiary/aromatic N) is 1. The Kier molecular flexibility index (Phi) is 3.98. The molecule has 1 saturated heterocycles. The van der Waals surface area contributed by atoms with E-state index in [2.05, 4.69) is 10.2 Å². The van der Waals surface area contributed by atoms with Crippen molar-refractivity contribution in [1.82, 2.24) is 4.90 Å². The standard InChI is InChI=1S/C13H18N2O2/c16-12-6-4-5-11(9-12)14-13(17)10-15-7-2-1-3-8-15/h4-6,9,16H,1-3,7-8,10H2,(H,14,17). The van der Waals surface area contributed by atoms with Gasteiger partial charge in [-0.2, -0.15) is 0 Å². The van der Waals surface area contributed by atoms with E-state index in [1.165, 1.54) is 19.3 Å². The Hall–Kier alpha value is -1.55. The maximum atomic E-state index is 11.8. The van der Waals surface area contributed by atoms with Crippen molar-refractivity contribution in [1.29, 1.82) is 0 Å². The van der Waals surface area contributed by atoms with Crippen LogP contribution in [0.1, 0.15) is 19.3 Å². The molecule has 4 heteroatoms. The molecule has 0 unspecified atom stereocenters. The summed E-state index contributed by atoms with van der Waals surface area (Å²) in [6, 6.07) is 6.62. The van der Waals surface area contributed by atoms with E-state index >= 15 is 0 Å². The maximum Gasteiger partial charge on any atom is 0.238 e. The predicted octanol–water partition coefficient (Wildman–Crippen LogP) is 1.82. The number of phenolic OH excluding ortho intramolecular Hbond substituents is 1. The molecule has 0 aromatic heterocycles. The van der Waals surface area contributed by atoms with Crippen molar-refractivity contribution in [3.05, 3.63) is 24.3 Å². The van der Waals surface area contributed by atoms with Gasteiger partial charge in [0.25, 0.3) is 0 Å². The lowest BCUT2D eigenvalue weighted by molar-refractivity contribution is -0.117. The number of carbonyl (C=O) groups excluding carboxylic acids is 1. The number of anilines is 1. The highest BCUT2D eigenvalue weighted by Crippen LogP contribution is 2.15. The number of piperidine rings is 1. The molecule has 2 N–H and O–H groups in total. The lowest BCUT2D eigenvalue weighted by Gasteiger charge is -2.25. The molecule has 1 aliphatic rings. The minimum absolute atomic E-state index is 0.0162. The molecular weight excluding hydrogens is 216 g/mol. The molecule has 1 heterocycles. The molecule has 0 bridgehead atoms. The van der Waals surface area contributed by atoms with Crippen molar-refractivity contribution in [3.63, 3.8) is 0 Å². The van der Waals surface area contributed by atoms with Gasteiger partial charge >= 0.3 is 0 Å². The highest BCUT2D eigenvalue weighted by Gasteiger charge is 2.13. The molecule has 0 radical (unpaired) electrons. The van der Waals surface area contributed by atoms with Gasteiger partial charge in [-0.1, -0.05) is 12.5 Å². The number of rotatable bonds is 3. The lowest BCUT2D eigenvalue weighted by Crippen LogP contribution is -2.36. The predicted molar refractivity (Wildman–Crippen MR) is 67.0 cm³/mol. The average Bonchev–Trinajstić information content (AvgIpc) is 2.30. The zero-order valence-electron chi connectivity index (χ0n) is 9.85. The Morgan fingerprint density at radius 1 is 1.29 bits per heavy atom. The maximum absolute atomic E-state index is 11.8. The van der Waals surface area contributed by atoms with E-state index in [-0.39, 0.29) is 11.7 Å². The van der Waals surface area contributed by atoms with E-state index in [0.717, 1.165) is 13.1 Å². The minimum Gasteiger partial charge on any atom is -0.508 e. The largest absolute Gasteiger partial charge is 0.508 e. The van der Waals surface area contributed by atoms with Gasteiger partial charge in [0.1, 0.15) is 5.75 Å². The SMILES string of the molecule is O=C(CN1CCCCC1)Nc1cccc(O)c1. The zero-order chi connectivity index (χ0) is 12.1. The Morgan fingerprint density at radius 2 is 2.06 bits per heavy atom. The van der Waals surface area contributed by atoms with Crippen molar-refractivity contribution in [2.24, 2.45) is 0 Å². The van der Waals surface area contributed by atoms with Crippen LogP contribution in [0.2, 0.25) is 0 Å². The summed E-state index contributed by atoms with van der Waals surface area (Å²) in [4.78, 5) is 13.9. The summed E-state index contributed by atoms with van der Waals surface area (Å²) in [6.07, 6.45) is 3.63. The summed E-state index contributed by atoms with van der Waals surface area (Å²) in [5.41, 5.74) is 0.645. The molecule has 1 amide bonds. The highest BCUT2D eigenvalue weighted by molar-refractivity contribution is 5.92. The van der Waals surface area contributed by atoms with Crippen molar-refractivity contribution < 1.29 is 9.90 Å². The van der Waals surface area contributed by atoms with Gasteiger partial charge in [-0.25, -0.2) is 0 Å². The second-order valence-electron chi connectivity index (χ2n) is 4.44. The molecule has 0 atom stereocenters. The third-order valence-corrected chi connectivity index (χ3v) is 2.95. The first-order valence-corrected chi connectivity index (χ1v) is 6.05. The van der Waals surface area contributed by atoms with E-state index in [9.17, 15) is 9.90 Å². The Bertz CT molecular complexity index is 387. The number of amides is 1. The number of carbonyl (C=O) groups is 1. The Balaban J connectivity index is 1.84. The van der Waals surface area contributed by atoms with Crippen LogP contribution in [-0.2, 0) is 4.79 Å². The normalized spacial score (nSPS) is 16.7.